The fourth-order valence-electron chi connectivity index (χ4n) is 2.32. The van der Waals surface area contributed by atoms with E-state index in [1.807, 2.05) is 6.07 Å². The highest BCUT2D eigenvalue weighted by molar-refractivity contribution is 7.80. The maximum Gasteiger partial charge on any atom is 0.171 e. The van der Waals surface area contributed by atoms with Crippen molar-refractivity contribution < 1.29 is 4.74 Å². The van der Waals surface area contributed by atoms with E-state index < -0.39 is 0 Å². The molecule has 0 aliphatic carbocycles. The summed E-state index contributed by atoms with van der Waals surface area (Å²) < 4.78 is 5.85. The number of rotatable bonds is 5. The molecule has 0 bridgehead atoms. The van der Waals surface area contributed by atoms with Crippen molar-refractivity contribution in [1.29, 1.82) is 0 Å². The Balaban J connectivity index is 1.85. The Kier molecular flexibility index (Phi) is 6.21. The van der Waals surface area contributed by atoms with Crippen LogP contribution in [0.4, 0.5) is 5.69 Å². The van der Waals surface area contributed by atoms with Crippen molar-refractivity contribution in [2.75, 3.05) is 11.9 Å². The SMILES string of the molecule is Cc1ccc(C)c(NC(=S)N[C@@H](C)COc2ccc(C)c(C)c2)c1. The second kappa shape index (κ2) is 8.15. The van der Waals surface area contributed by atoms with E-state index in [0.717, 1.165) is 11.4 Å². The van der Waals surface area contributed by atoms with Gasteiger partial charge >= 0.3 is 0 Å². The molecule has 0 aliphatic rings. The first-order valence-corrected chi connectivity index (χ1v) is 8.61. The Morgan fingerprint density at radius 1 is 1.00 bits per heavy atom. The molecule has 0 aromatic heterocycles. The van der Waals surface area contributed by atoms with Gasteiger partial charge in [0.2, 0.25) is 0 Å². The van der Waals surface area contributed by atoms with E-state index in [1.165, 1.54) is 22.3 Å². The predicted molar refractivity (Wildman–Crippen MR) is 106 cm³/mol. The highest BCUT2D eigenvalue weighted by Crippen LogP contribution is 2.17. The Labute approximate surface area is 150 Å². The molecule has 128 valence electrons. The molecular formula is C20H26N2OS. The van der Waals surface area contributed by atoms with Gasteiger partial charge in [0.1, 0.15) is 12.4 Å². The molecule has 0 aliphatic heterocycles. The smallest absolute Gasteiger partial charge is 0.171 e. The molecule has 0 fully saturated rings. The molecular weight excluding hydrogens is 316 g/mol. The van der Waals surface area contributed by atoms with Gasteiger partial charge in [0, 0.05) is 5.69 Å². The van der Waals surface area contributed by atoms with Crippen LogP contribution >= 0.6 is 12.2 Å². The first kappa shape index (κ1) is 18.3. The minimum Gasteiger partial charge on any atom is -0.491 e. The molecule has 0 radical (unpaired) electrons. The van der Waals surface area contributed by atoms with Crippen LogP contribution in [0, 0.1) is 27.7 Å². The fraction of sp³-hybridized carbons (Fsp3) is 0.350. The van der Waals surface area contributed by atoms with Crippen molar-refractivity contribution >= 4 is 23.0 Å². The maximum atomic E-state index is 5.85. The summed E-state index contributed by atoms with van der Waals surface area (Å²) in [6.07, 6.45) is 0. The van der Waals surface area contributed by atoms with E-state index in [0.29, 0.717) is 11.7 Å². The highest BCUT2D eigenvalue weighted by atomic mass is 32.1. The summed E-state index contributed by atoms with van der Waals surface area (Å²) in [7, 11) is 0. The van der Waals surface area contributed by atoms with Crippen LogP contribution in [0.3, 0.4) is 0 Å². The van der Waals surface area contributed by atoms with Gasteiger partial charge in [0.05, 0.1) is 6.04 Å². The van der Waals surface area contributed by atoms with E-state index >= 15 is 0 Å². The topological polar surface area (TPSA) is 33.3 Å². The van der Waals surface area contributed by atoms with Gasteiger partial charge in [-0.05, 0) is 87.3 Å². The molecule has 1 atom stereocenters. The van der Waals surface area contributed by atoms with Gasteiger partial charge < -0.3 is 15.4 Å². The molecule has 2 rings (SSSR count). The molecule has 4 heteroatoms. The monoisotopic (exact) mass is 342 g/mol. The van der Waals surface area contributed by atoms with E-state index in [9.17, 15) is 0 Å². The summed E-state index contributed by atoms with van der Waals surface area (Å²) in [4.78, 5) is 0. The minimum atomic E-state index is 0.108. The van der Waals surface area contributed by atoms with E-state index in [-0.39, 0.29) is 6.04 Å². The molecule has 0 heterocycles. The lowest BCUT2D eigenvalue weighted by Gasteiger charge is -2.19. The average molecular weight is 343 g/mol. The van der Waals surface area contributed by atoms with E-state index in [2.05, 4.69) is 75.6 Å². The van der Waals surface area contributed by atoms with Crippen molar-refractivity contribution in [2.24, 2.45) is 0 Å². The summed E-state index contributed by atoms with van der Waals surface area (Å²) in [5.74, 6) is 0.889. The van der Waals surface area contributed by atoms with Crippen molar-refractivity contribution in [3.05, 3.63) is 58.7 Å². The number of thiocarbonyl (C=S) groups is 1. The summed E-state index contributed by atoms with van der Waals surface area (Å²) in [5.41, 5.74) is 5.92. The van der Waals surface area contributed by atoms with Gasteiger partial charge in [-0.15, -0.1) is 0 Å². The largest absolute Gasteiger partial charge is 0.491 e. The maximum absolute atomic E-state index is 5.85. The first-order valence-electron chi connectivity index (χ1n) is 8.20. The normalized spacial score (nSPS) is 11.7. The van der Waals surface area contributed by atoms with Gasteiger partial charge in [-0.2, -0.15) is 0 Å². The van der Waals surface area contributed by atoms with Crippen molar-refractivity contribution in [1.82, 2.24) is 5.32 Å². The molecule has 0 spiro atoms. The van der Waals surface area contributed by atoms with Crippen LogP contribution in [-0.2, 0) is 0 Å². The summed E-state index contributed by atoms with van der Waals surface area (Å²) in [6, 6.07) is 12.5. The standard InChI is InChI=1S/C20H26N2OS/c1-13-6-7-15(3)19(10-13)22-20(24)21-17(5)12-23-18-9-8-14(2)16(4)11-18/h6-11,17H,12H2,1-5H3,(H2,21,22,24)/t17-/m0/s1. The van der Waals surface area contributed by atoms with Gasteiger partial charge in [-0.25, -0.2) is 0 Å². The molecule has 2 N–H and O–H groups in total. The van der Waals surface area contributed by atoms with Crippen LogP contribution in [0.2, 0.25) is 0 Å². The molecule has 0 amide bonds. The van der Waals surface area contributed by atoms with E-state index in [1.54, 1.807) is 0 Å². The lowest BCUT2D eigenvalue weighted by atomic mass is 10.1. The number of benzene rings is 2. The van der Waals surface area contributed by atoms with Gasteiger partial charge in [-0.3, -0.25) is 0 Å². The van der Waals surface area contributed by atoms with Crippen LogP contribution in [0.1, 0.15) is 29.2 Å². The second-order valence-corrected chi connectivity index (χ2v) is 6.78. The van der Waals surface area contributed by atoms with Crippen molar-refractivity contribution in [3.8, 4) is 5.75 Å². The quantitative estimate of drug-likeness (QED) is 0.773. The Hall–Kier alpha value is -2.07. The molecule has 0 saturated heterocycles. The fourth-order valence-corrected chi connectivity index (χ4v) is 2.63. The van der Waals surface area contributed by atoms with Crippen LogP contribution < -0.4 is 15.4 Å². The highest BCUT2D eigenvalue weighted by Gasteiger charge is 2.07. The molecule has 3 nitrogen and oxygen atoms in total. The number of aryl methyl sites for hydroxylation is 4. The number of ether oxygens (including phenoxy) is 1. The number of hydrogen-bond acceptors (Lipinski definition) is 2. The summed E-state index contributed by atoms with van der Waals surface area (Å²) >= 11 is 5.41. The average Bonchev–Trinajstić information content (AvgIpc) is 2.52. The van der Waals surface area contributed by atoms with Crippen LogP contribution in [0.15, 0.2) is 36.4 Å². The third kappa shape index (κ3) is 5.24. The van der Waals surface area contributed by atoms with E-state index in [4.69, 9.17) is 17.0 Å². The van der Waals surface area contributed by atoms with Crippen LogP contribution in [0.25, 0.3) is 0 Å². The predicted octanol–water partition coefficient (Wildman–Crippen LogP) is 4.67. The van der Waals surface area contributed by atoms with Crippen molar-refractivity contribution in [2.45, 2.75) is 40.7 Å². The summed E-state index contributed by atoms with van der Waals surface area (Å²) in [6.45, 7) is 10.9. The molecule has 24 heavy (non-hydrogen) atoms. The van der Waals surface area contributed by atoms with Crippen molar-refractivity contribution in [3.63, 3.8) is 0 Å². The lowest BCUT2D eigenvalue weighted by Crippen LogP contribution is -2.39. The van der Waals surface area contributed by atoms with Crippen LogP contribution in [-0.4, -0.2) is 17.8 Å². The lowest BCUT2D eigenvalue weighted by molar-refractivity contribution is 0.287. The number of nitrogens with one attached hydrogen (secondary N) is 2. The first-order chi connectivity index (χ1) is 11.3. The van der Waals surface area contributed by atoms with Crippen LogP contribution in [0.5, 0.6) is 5.75 Å². The molecule has 0 saturated carbocycles. The molecule has 0 unspecified atom stereocenters. The Bertz CT molecular complexity index is 728. The zero-order chi connectivity index (χ0) is 17.7. The van der Waals surface area contributed by atoms with Gasteiger partial charge in [-0.1, -0.05) is 18.2 Å². The third-order valence-electron chi connectivity index (χ3n) is 4.00. The summed E-state index contributed by atoms with van der Waals surface area (Å²) in [5, 5.41) is 7.14. The Morgan fingerprint density at radius 3 is 2.42 bits per heavy atom. The minimum absolute atomic E-state index is 0.108. The molecule has 2 aromatic carbocycles. The zero-order valence-electron chi connectivity index (χ0n) is 15.1. The second-order valence-electron chi connectivity index (χ2n) is 6.37. The zero-order valence-corrected chi connectivity index (χ0v) is 15.9. The number of anilines is 1. The Morgan fingerprint density at radius 2 is 1.71 bits per heavy atom. The third-order valence-corrected chi connectivity index (χ3v) is 4.22. The van der Waals surface area contributed by atoms with Gasteiger partial charge in [0.15, 0.2) is 5.11 Å². The van der Waals surface area contributed by atoms with Gasteiger partial charge in [0.25, 0.3) is 0 Å². The number of hydrogen-bond donors (Lipinski definition) is 2. The molecule has 2 aromatic rings.